The third-order valence-electron chi connectivity index (χ3n) is 3.56. The first-order valence-electron chi connectivity index (χ1n) is 6.54. The molecule has 0 radical (unpaired) electrons. The van der Waals surface area contributed by atoms with Crippen LogP contribution in [0.4, 0.5) is 0 Å². The summed E-state index contributed by atoms with van der Waals surface area (Å²) in [5.74, 6) is 0.706. The molecule has 0 aliphatic heterocycles. The van der Waals surface area contributed by atoms with Crippen LogP contribution in [0.2, 0.25) is 0 Å². The van der Waals surface area contributed by atoms with Crippen LogP contribution in [0.15, 0.2) is 0 Å². The van der Waals surface area contributed by atoms with Crippen molar-refractivity contribution in [2.75, 3.05) is 6.61 Å². The zero-order chi connectivity index (χ0) is 12.0. The highest BCUT2D eigenvalue weighted by Crippen LogP contribution is 2.32. The van der Waals surface area contributed by atoms with Crippen molar-refractivity contribution in [3.8, 4) is 0 Å². The maximum Gasteiger partial charge on any atom is 0.220 e. The number of hydrogen-bond donors (Lipinski definition) is 2. The first-order chi connectivity index (χ1) is 7.62. The molecule has 0 aromatic carbocycles. The van der Waals surface area contributed by atoms with Gasteiger partial charge in [0.2, 0.25) is 5.91 Å². The number of rotatable bonds is 5. The fraction of sp³-hybridized carbons (Fsp3) is 0.923. The molecular formula is C13H25NO2. The minimum Gasteiger partial charge on any atom is -0.394 e. The molecule has 0 bridgehead atoms. The molecule has 3 nitrogen and oxygen atoms in total. The molecule has 2 atom stereocenters. The molecule has 1 saturated carbocycles. The van der Waals surface area contributed by atoms with Gasteiger partial charge in [-0.25, -0.2) is 0 Å². The average molecular weight is 227 g/mol. The number of carbonyl (C=O) groups is 1. The van der Waals surface area contributed by atoms with Crippen LogP contribution in [-0.4, -0.2) is 23.2 Å². The van der Waals surface area contributed by atoms with E-state index in [2.05, 4.69) is 19.2 Å². The van der Waals surface area contributed by atoms with E-state index in [1.54, 1.807) is 0 Å². The molecule has 94 valence electrons. The molecule has 1 fully saturated rings. The Balaban J connectivity index is 2.49. The summed E-state index contributed by atoms with van der Waals surface area (Å²) in [5.41, 5.74) is -0.331. The van der Waals surface area contributed by atoms with Gasteiger partial charge < -0.3 is 10.4 Å². The van der Waals surface area contributed by atoms with Crippen LogP contribution in [0.3, 0.4) is 0 Å². The molecule has 0 aromatic heterocycles. The van der Waals surface area contributed by atoms with E-state index >= 15 is 0 Å². The smallest absolute Gasteiger partial charge is 0.220 e. The highest BCUT2D eigenvalue weighted by Gasteiger charge is 2.35. The molecular weight excluding hydrogens is 202 g/mol. The van der Waals surface area contributed by atoms with E-state index in [-0.39, 0.29) is 18.1 Å². The van der Waals surface area contributed by atoms with Crippen LogP contribution in [0, 0.1) is 5.92 Å². The van der Waals surface area contributed by atoms with Gasteiger partial charge in [-0.3, -0.25) is 4.79 Å². The van der Waals surface area contributed by atoms with Gasteiger partial charge in [0.05, 0.1) is 12.1 Å². The van der Waals surface area contributed by atoms with Crippen LogP contribution < -0.4 is 5.32 Å². The van der Waals surface area contributed by atoms with E-state index in [0.717, 1.165) is 32.1 Å². The Labute approximate surface area is 98.6 Å². The number of hydrogen-bond acceptors (Lipinski definition) is 2. The van der Waals surface area contributed by atoms with Crippen molar-refractivity contribution < 1.29 is 9.90 Å². The molecule has 1 rings (SSSR count). The molecule has 2 unspecified atom stereocenters. The predicted octanol–water partition coefficient (Wildman–Crippen LogP) is 2.23. The summed E-state index contributed by atoms with van der Waals surface area (Å²) in [7, 11) is 0. The lowest BCUT2D eigenvalue weighted by molar-refractivity contribution is -0.124. The van der Waals surface area contributed by atoms with Crippen LogP contribution in [0.5, 0.6) is 0 Å². The molecule has 1 aliphatic carbocycles. The van der Waals surface area contributed by atoms with Gasteiger partial charge in [-0.2, -0.15) is 0 Å². The van der Waals surface area contributed by atoms with E-state index in [4.69, 9.17) is 0 Å². The Morgan fingerprint density at radius 1 is 1.56 bits per heavy atom. The van der Waals surface area contributed by atoms with E-state index < -0.39 is 0 Å². The van der Waals surface area contributed by atoms with Gasteiger partial charge in [0.15, 0.2) is 0 Å². The Hall–Kier alpha value is -0.570. The zero-order valence-electron chi connectivity index (χ0n) is 10.6. The van der Waals surface area contributed by atoms with E-state index in [9.17, 15) is 9.90 Å². The standard InChI is InChI=1S/C13H25NO2/c1-3-4-7-12(16)14-13(10-15)8-5-6-11(2)9-13/h11,15H,3-10H2,1-2H3,(H,14,16). The molecule has 1 aliphatic rings. The molecule has 1 amide bonds. The van der Waals surface area contributed by atoms with Crippen molar-refractivity contribution in [2.24, 2.45) is 5.92 Å². The third-order valence-corrected chi connectivity index (χ3v) is 3.56. The van der Waals surface area contributed by atoms with Gasteiger partial charge in [0, 0.05) is 6.42 Å². The van der Waals surface area contributed by atoms with Crippen molar-refractivity contribution in [1.29, 1.82) is 0 Å². The molecule has 16 heavy (non-hydrogen) atoms. The maximum absolute atomic E-state index is 11.7. The van der Waals surface area contributed by atoms with Gasteiger partial charge in [-0.05, 0) is 25.2 Å². The fourth-order valence-corrected chi connectivity index (χ4v) is 2.65. The molecule has 0 spiro atoms. The van der Waals surface area contributed by atoms with Crippen LogP contribution >= 0.6 is 0 Å². The number of carbonyl (C=O) groups excluding carboxylic acids is 1. The second kappa shape index (κ2) is 6.24. The Kier molecular flexibility index (Phi) is 5.26. The van der Waals surface area contributed by atoms with E-state index in [0.29, 0.717) is 12.3 Å². The minimum absolute atomic E-state index is 0.0786. The van der Waals surface area contributed by atoms with Crippen LogP contribution in [-0.2, 0) is 4.79 Å². The topological polar surface area (TPSA) is 49.3 Å². The molecule has 2 N–H and O–H groups in total. The van der Waals surface area contributed by atoms with Crippen LogP contribution in [0.1, 0.15) is 58.8 Å². The highest BCUT2D eigenvalue weighted by atomic mass is 16.3. The SMILES string of the molecule is CCCCC(=O)NC1(CO)CCCC(C)C1. The van der Waals surface area contributed by atoms with Gasteiger partial charge in [-0.1, -0.05) is 33.1 Å². The van der Waals surface area contributed by atoms with Crippen molar-refractivity contribution in [2.45, 2.75) is 64.3 Å². The van der Waals surface area contributed by atoms with Crippen molar-refractivity contribution in [3.05, 3.63) is 0 Å². The monoisotopic (exact) mass is 227 g/mol. The second-order valence-corrected chi connectivity index (χ2v) is 5.29. The highest BCUT2D eigenvalue weighted by molar-refractivity contribution is 5.76. The Morgan fingerprint density at radius 3 is 2.88 bits per heavy atom. The summed E-state index contributed by atoms with van der Waals surface area (Å²) in [6.07, 6.45) is 6.72. The molecule has 3 heteroatoms. The fourth-order valence-electron chi connectivity index (χ4n) is 2.65. The lowest BCUT2D eigenvalue weighted by Crippen LogP contribution is -2.53. The molecule has 0 saturated heterocycles. The minimum atomic E-state index is -0.331. The van der Waals surface area contributed by atoms with Gasteiger partial charge in [0.25, 0.3) is 0 Å². The average Bonchev–Trinajstić information content (AvgIpc) is 2.26. The quantitative estimate of drug-likeness (QED) is 0.756. The largest absolute Gasteiger partial charge is 0.394 e. The molecule has 0 aromatic rings. The van der Waals surface area contributed by atoms with Crippen molar-refractivity contribution >= 4 is 5.91 Å². The summed E-state index contributed by atoms with van der Waals surface area (Å²) in [6, 6.07) is 0. The third kappa shape index (κ3) is 3.78. The Morgan fingerprint density at radius 2 is 2.31 bits per heavy atom. The number of aliphatic hydroxyl groups excluding tert-OH is 1. The molecule has 0 heterocycles. The predicted molar refractivity (Wildman–Crippen MR) is 65.1 cm³/mol. The second-order valence-electron chi connectivity index (χ2n) is 5.29. The Bertz CT molecular complexity index is 230. The summed E-state index contributed by atoms with van der Waals surface area (Å²) < 4.78 is 0. The van der Waals surface area contributed by atoms with Crippen molar-refractivity contribution in [3.63, 3.8) is 0 Å². The van der Waals surface area contributed by atoms with E-state index in [1.165, 1.54) is 6.42 Å². The summed E-state index contributed by atoms with van der Waals surface area (Å²) in [6.45, 7) is 4.36. The lowest BCUT2D eigenvalue weighted by atomic mass is 9.76. The van der Waals surface area contributed by atoms with Gasteiger partial charge in [0.1, 0.15) is 0 Å². The van der Waals surface area contributed by atoms with E-state index in [1.807, 2.05) is 0 Å². The van der Waals surface area contributed by atoms with Gasteiger partial charge >= 0.3 is 0 Å². The summed E-state index contributed by atoms with van der Waals surface area (Å²) in [5, 5.41) is 12.6. The zero-order valence-corrected chi connectivity index (χ0v) is 10.6. The number of nitrogens with one attached hydrogen (secondary N) is 1. The summed E-state index contributed by atoms with van der Waals surface area (Å²) in [4.78, 5) is 11.7. The van der Waals surface area contributed by atoms with Gasteiger partial charge in [-0.15, -0.1) is 0 Å². The normalized spacial score (nSPS) is 30.1. The van der Waals surface area contributed by atoms with Crippen LogP contribution in [0.25, 0.3) is 0 Å². The number of aliphatic hydroxyl groups is 1. The maximum atomic E-state index is 11.7. The first-order valence-corrected chi connectivity index (χ1v) is 6.54. The number of unbranched alkanes of at least 4 members (excludes halogenated alkanes) is 1. The first kappa shape index (κ1) is 13.5. The number of amides is 1. The van der Waals surface area contributed by atoms with Crippen molar-refractivity contribution in [1.82, 2.24) is 5.32 Å². The summed E-state index contributed by atoms with van der Waals surface area (Å²) >= 11 is 0. The lowest BCUT2D eigenvalue weighted by Gasteiger charge is -2.39.